The summed E-state index contributed by atoms with van der Waals surface area (Å²) in [5.74, 6) is -0.518. The lowest BCUT2D eigenvalue weighted by Gasteiger charge is -2.24. The maximum Gasteiger partial charge on any atom is 0.262 e. The van der Waals surface area contributed by atoms with E-state index in [1.54, 1.807) is 0 Å². The van der Waals surface area contributed by atoms with Crippen LogP contribution in [0.15, 0.2) is 95.1 Å². The van der Waals surface area contributed by atoms with E-state index in [1.165, 1.54) is 5.01 Å². The molecule has 0 aromatic heterocycles. The van der Waals surface area contributed by atoms with Crippen LogP contribution in [-0.2, 0) is 4.79 Å². The van der Waals surface area contributed by atoms with Crippen LogP contribution in [-0.4, -0.2) is 17.3 Å². The van der Waals surface area contributed by atoms with E-state index < -0.39 is 5.92 Å². The van der Waals surface area contributed by atoms with E-state index in [0.717, 1.165) is 28.4 Å². The van der Waals surface area contributed by atoms with Crippen LogP contribution in [0, 0.1) is 5.92 Å². The van der Waals surface area contributed by atoms with E-state index in [9.17, 15) is 4.79 Å². The van der Waals surface area contributed by atoms with E-state index in [1.807, 2.05) is 96.9 Å². The molecule has 2 aliphatic rings. The summed E-state index contributed by atoms with van der Waals surface area (Å²) in [5, 5.41) is 13.7. The maximum atomic E-state index is 13.3. The van der Waals surface area contributed by atoms with Crippen LogP contribution in [0.25, 0.3) is 0 Å². The summed E-state index contributed by atoms with van der Waals surface area (Å²) in [6.07, 6.45) is 0.641. The summed E-state index contributed by atoms with van der Waals surface area (Å²) in [7, 11) is 0. The van der Waals surface area contributed by atoms with Gasteiger partial charge in [-0.25, -0.2) is 0 Å². The van der Waals surface area contributed by atoms with Crippen molar-refractivity contribution in [1.82, 2.24) is 0 Å². The Labute approximate surface area is 186 Å². The van der Waals surface area contributed by atoms with Gasteiger partial charge in [0.2, 0.25) is 0 Å². The summed E-state index contributed by atoms with van der Waals surface area (Å²) >= 11 is 6.11. The maximum absolute atomic E-state index is 13.3. The summed E-state index contributed by atoms with van der Waals surface area (Å²) in [6.45, 7) is 1.90. The highest BCUT2D eigenvalue weighted by Crippen LogP contribution is 2.38. The van der Waals surface area contributed by atoms with Crippen molar-refractivity contribution in [1.29, 1.82) is 0 Å². The Bertz CT molecular complexity index is 1160. The molecular weight excluding hydrogens is 408 g/mol. The number of nitrogens with zero attached hydrogens (tertiary/aromatic N) is 4. The van der Waals surface area contributed by atoms with Gasteiger partial charge >= 0.3 is 0 Å². The molecule has 5 rings (SSSR count). The van der Waals surface area contributed by atoms with Gasteiger partial charge in [-0.1, -0.05) is 60.1 Å². The van der Waals surface area contributed by atoms with Gasteiger partial charge in [0.25, 0.3) is 5.91 Å². The van der Waals surface area contributed by atoms with Crippen molar-refractivity contribution in [3.8, 4) is 0 Å². The SMILES string of the molecule is CC1=NN(c2ccccc2)C(=O)C1C1=NN(c2ccccc2)C(c2ccc(Cl)cc2)C1. The first-order valence-corrected chi connectivity index (χ1v) is 10.6. The lowest BCUT2D eigenvalue weighted by molar-refractivity contribution is -0.118. The Morgan fingerprint density at radius 3 is 2.10 bits per heavy atom. The average Bonchev–Trinajstić information content (AvgIpc) is 3.36. The van der Waals surface area contributed by atoms with Crippen molar-refractivity contribution in [2.45, 2.75) is 19.4 Å². The minimum Gasteiger partial charge on any atom is -0.271 e. The second-order valence-electron chi connectivity index (χ2n) is 7.70. The first-order valence-electron chi connectivity index (χ1n) is 10.2. The highest BCUT2D eigenvalue weighted by molar-refractivity contribution is 6.30. The zero-order chi connectivity index (χ0) is 21.4. The van der Waals surface area contributed by atoms with Gasteiger partial charge in [0, 0.05) is 11.4 Å². The number of hydrazone groups is 2. The second kappa shape index (κ2) is 8.00. The number of hydrogen-bond donors (Lipinski definition) is 0. The number of anilines is 2. The van der Waals surface area contributed by atoms with Gasteiger partial charge < -0.3 is 0 Å². The van der Waals surface area contributed by atoms with Crippen LogP contribution < -0.4 is 10.0 Å². The Kier molecular flexibility index (Phi) is 5.04. The molecule has 0 radical (unpaired) electrons. The average molecular weight is 429 g/mol. The van der Waals surface area contributed by atoms with Crippen molar-refractivity contribution in [2.24, 2.45) is 16.1 Å². The van der Waals surface area contributed by atoms with Crippen LogP contribution in [0.5, 0.6) is 0 Å². The molecule has 0 bridgehead atoms. The Morgan fingerprint density at radius 2 is 1.45 bits per heavy atom. The summed E-state index contributed by atoms with van der Waals surface area (Å²) in [5.41, 5.74) is 4.44. The largest absolute Gasteiger partial charge is 0.271 e. The molecule has 2 unspecified atom stereocenters. The van der Waals surface area contributed by atoms with E-state index >= 15 is 0 Å². The van der Waals surface area contributed by atoms with Crippen LogP contribution in [0.3, 0.4) is 0 Å². The molecule has 31 heavy (non-hydrogen) atoms. The third-order valence-electron chi connectivity index (χ3n) is 5.67. The molecule has 0 aliphatic carbocycles. The minimum absolute atomic E-state index is 0.0129. The Balaban J connectivity index is 1.50. The van der Waals surface area contributed by atoms with E-state index in [0.29, 0.717) is 11.4 Å². The van der Waals surface area contributed by atoms with Crippen LogP contribution >= 0.6 is 11.6 Å². The molecule has 1 amide bonds. The number of para-hydroxylation sites is 2. The van der Waals surface area contributed by atoms with Gasteiger partial charge in [0.05, 0.1) is 28.8 Å². The molecule has 0 N–H and O–H groups in total. The van der Waals surface area contributed by atoms with Gasteiger partial charge in [-0.05, 0) is 48.9 Å². The first kappa shape index (κ1) is 19.5. The fraction of sp³-hybridized carbons (Fsp3) is 0.160. The highest BCUT2D eigenvalue weighted by atomic mass is 35.5. The molecule has 3 aromatic carbocycles. The topological polar surface area (TPSA) is 48.3 Å². The number of carbonyl (C=O) groups is 1. The molecule has 2 aliphatic heterocycles. The monoisotopic (exact) mass is 428 g/mol. The lowest BCUT2D eigenvalue weighted by atomic mass is 9.92. The van der Waals surface area contributed by atoms with Gasteiger partial charge in [0.15, 0.2) is 0 Å². The van der Waals surface area contributed by atoms with E-state index in [-0.39, 0.29) is 11.9 Å². The molecule has 2 atom stereocenters. The van der Waals surface area contributed by atoms with Crippen molar-refractivity contribution >= 4 is 40.3 Å². The number of benzene rings is 3. The fourth-order valence-corrected chi connectivity index (χ4v) is 4.30. The predicted octanol–water partition coefficient (Wildman–Crippen LogP) is 5.69. The normalized spacial score (nSPS) is 20.8. The molecule has 5 nitrogen and oxygen atoms in total. The van der Waals surface area contributed by atoms with Crippen molar-refractivity contribution < 1.29 is 4.79 Å². The molecule has 0 spiro atoms. The highest BCUT2D eigenvalue weighted by Gasteiger charge is 2.42. The number of rotatable bonds is 4. The van der Waals surface area contributed by atoms with Crippen molar-refractivity contribution in [3.63, 3.8) is 0 Å². The summed E-state index contributed by atoms with van der Waals surface area (Å²) in [6, 6.07) is 27.4. The molecule has 0 saturated carbocycles. The summed E-state index contributed by atoms with van der Waals surface area (Å²) in [4.78, 5) is 13.3. The standard InChI is InChI=1S/C25H21ClN4O/c1-17-24(25(31)30(27-17)21-10-6-3-7-11-21)22-16-23(18-12-14-19(26)15-13-18)29(28-22)20-8-4-2-5-9-20/h2-15,23-24H,16H2,1H3. The minimum atomic E-state index is -0.455. The molecule has 154 valence electrons. The zero-order valence-electron chi connectivity index (χ0n) is 17.0. The third kappa shape index (κ3) is 3.62. The van der Waals surface area contributed by atoms with Gasteiger partial charge in [-0.15, -0.1) is 0 Å². The smallest absolute Gasteiger partial charge is 0.262 e. The quantitative estimate of drug-likeness (QED) is 0.536. The van der Waals surface area contributed by atoms with Gasteiger partial charge in [-0.3, -0.25) is 9.80 Å². The fourth-order valence-electron chi connectivity index (χ4n) is 4.17. The van der Waals surface area contributed by atoms with Crippen molar-refractivity contribution in [3.05, 3.63) is 95.5 Å². The summed E-state index contributed by atoms with van der Waals surface area (Å²) < 4.78 is 0. The number of amides is 1. The number of carbonyl (C=O) groups excluding carboxylic acids is 1. The Morgan fingerprint density at radius 1 is 0.839 bits per heavy atom. The molecule has 2 heterocycles. The number of hydrogen-bond acceptors (Lipinski definition) is 4. The van der Waals surface area contributed by atoms with Crippen molar-refractivity contribution in [2.75, 3.05) is 10.0 Å². The molecule has 3 aromatic rings. The molecule has 0 fully saturated rings. The van der Waals surface area contributed by atoms with Crippen LogP contribution in [0.4, 0.5) is 11.4 Å². The predicted molar refractivity (Wildman–Crippen MR) is 126 cm³/mol. The first-order chi connectivity index (χ1) is 15.1. The van der Waals surface area contributed by atoms with E-state index in [4.69, 9.17) is 16.7 Å². The van der Waals surface area contributed by atoms with Gasteiger partial charge in [0.1, 0.15) is 5.92 Å². The van der Waals surface area contributed by atoms with Gasteiger partial charge in [-0.2, -0.15) is 15.2 Å². The second-order valence-corrected chi connectivity index (χ2v) is 8.14. The lowest BCUT2D eigenvalue weighted by Crippen LogP contribution is -2.32. The molecule has 6 heteroatoms. The number of halogens is 1. The third-order valence-corrected chi connectivity index (χ3v) is 5.93. The van der Waals surface area contributed by atoms with Crippen LogP contribution in [0.1, 0.15) is 24.9 Å². The zero-order valence-corrected chi connectivity index (χ0v) is 17.8. The molecular formula is C25H21ClN4O. The molecule has 0 saturated heterocycles. The Hall–Kier alpha value is -3.44. The van der Waals surface area contributed by atoms with E-state index in [2.05, 4.69) is 5.10 Å². The van der Waals surface area contributed by atoms with Crippen LogP contribution in [0.2, 0.25) is 5.02 Å².